The zero-order valence-corrected chi connectivity index (χ0v) is 13.0. The predicted octanol–water partition coefficient (Wildman–Crippen LogP) is 2.95. The van der Waals surface area contributed by atoms with E-state index in [2.05, 4.69) is 11.8 Å². The molecule has 2 saturated carbocycles. The molecule has 2 aliphatic carbocycles. The summed E-state index contributed by atoms with van der Waals surface area (Å²) in [5, 5.41) is 11.0. The van der Waals surface area contributed by atoms with Crippen molar-refractivity contribution in [2.24, 2.45) is 11.8 Å². The largest absolute Gasteiger partial charge is 0.497 e. The van der Waals surface area contributed by atoms with Crippen LogP contribution >= 0.6 is 0 Å². The second-order valence-corrected chi connectivity index (χ2v) is 6.37. The first-order valence-electron chi connectivity index (χ1n) is 8.05. The van der Waals surface area contributed by atoms with E-state index in [0.717, 1.165) is 37.0 Å². The quantitative estimate of drug-likeness (QED) is 0.811. The lowest BCUT2D eigenvalue weighted by Crippen LogP contribution is -2.48. The van der Waals surface area contributed by atoms with E-state index in [1.165, 1.54) is 0 Å². The predicted molar refractivity (Wildman–Crippen MR) is 84.5 cm³/mol. The zero-order valence-electron chi connectivity index (χ0n) is 13.0. The molecule has 22 heavy (non-hydrogen) atoms. The molecular formula is C19H22O3. The van der Waals surface area contributed by atoms with Gasteiger partial charge >= 0.3 is 0 Å². The number of ketones is 1. The number of carbonyl (C=O) groups excluding carboxylic acids is 1. The second-order valence-electron chi connectivity index (χ2n) is 6.37. The van der Waals surface area contributed by atoms with Gasteiger partial charge < -0.3 is 9.84 Å². The molecule has 1 aromatic rings. The van der Waals surface area contributed by atoms with E-state index < -0.39 is 5.60 Å². The maximum atomic E-state index is 12.1. The van der Waals surface area contributed by atoms with Crippen LogP contribution in [0.2, 0.25) is 0 Å². The highest BCUT2D eigenvalue weighted by atomic mass is 16.5. The third-order valence-electron chi connectivity index (χ3n) is 5.02. The van der Waals surface area contributed by atoms with Crippen LogP contribution in [0.5, 0.6) is 5.75 Å². The minimum atomic E-state index is -1.03. The standard InChI is InChI=1S/C19H22O3/c1-22-15-6-2-5-14(13-15)10-12-19(21)11-4-7-16-17(19)8-3-9-18(16)20/h2,5-6,13,16-17,21H,3-4,7-9,11H2,1H3/t16-,17-,19+/m0/s1. The number of carbonyl (C=O) groups is 1. The highest BCUT2D eigenvalue weighted by molar-refractivity contribution is 5.82. The van der Waals surface area contributed by atoms with Gasteiger partial charge in [-0.25, -0.2) is 0 Å². The van der Waals surface area contributed by atoms with E-state index in [4.69, 9.17) is 4.74 Å². The van der Waals surface area contributed by atoms with Crippen LogP contribution in [0.15, 0.2) is 24.3 Å². The lowest BCUT2D eigenvalue weighted by molar-refractivity contribution is -0.135. The highest BCUT2D eigenvalue weighted by Gasteiger charge is 2.47. The molecular weight excluding hydrogens is 276 g/mol. The van der Waals surface area contributed by atoms with Crippen molar-refractivity contribution in [3.8, 4) is 17.6 Å². The Hall–Kier alpha value is -1.79. The summed E-state index contributed by atoms with van der Waals surface area (Å²) in [6.45, 7) is 0. The van der Waals surface area contributed by atoms with Gasteiger partial charge in [0.15, 0.2) is 0 Å². The molecule has 2 aliphatic rings. The topological polar surface area (TPSA) is 46.5 Å². The number of aliphatic hydroxyl groups is 1. The Labute approximate surface area is 131 Å². The molecule has 3 rings (SSSR count). The van der Waals surface area contributed by atoms with Crippen molar-refractivity contribution in [2.45, 2.75) is 44.1 Å². The smallest absolute Gasteiger partial charge is 0.136 e. The van der Waals surface area contributed by atoms with Gasteiger partial charge in [0.05, 0.1) is 7.11 Å². The Balaban J connectivity index is 1.86. The second kappa shape index (κ2) is 6.14. The average molecular weight is 298 g/mol. The summed E-state index contributed by atoms with van der Waals surface area (Å²) in [6, 6.07) is 7.53. The fourth-order valence-electron chi connectivity index (χ4n) is 3.85. The molecule has 0 spiro atoms. The number of hydrogen-bond donors (Lipinski definition) is 1. The van der Waals surface area contributed by atoms with E-state index in [1.54, 1.807) is 7.11 Å². The maximum absolute atomic E-state index is 12.1. The molecule has 0 unspecified atom stereocenters. The summed E-state index contributed by atoms with van der Waals surface area (Å²) in [4.78, 5) is 12.1. The number of fused-ring (bicyclic) bond motifs is 1. The summed E-state index contributed by atoms with van der Waals surface area (Å²) >= 11 is 0. The molecule has 0 bridgehead atoms. The summed E-state index contributed by atoms with van der Waals surface area (Å²) in [5.74, 6) is 7.25. The van der Waals surface area contributed by atoms with E-state index in [-0.39, 0.29) is 11.8 Å². The fourth-order valence-corrected chi connectivity index (χ4v) is 3.85. The molecule has 0 aliphatic heterocycles. The van der Waals surface area contributed by atoms with Crippen molar-refractivity contribution in [2.75, 3.05) is 7.11 Å². The molecule has 116 valence electrons. The monoisotopic (exact) mass is 298 g/mol. The number of benzene rings is 1. The minimum absolute atomic E-state index is 0.000563. The van der Waals surface area contributed by atoms with Crippen LogP contribution in [0, 0.1) is 23.7 Å². The minimum Gasteiger partial charge on any atom is -0.497 e. The van der Waals surface area contributed by atoms with Gasteiger partial charge in [0.2, 0.25) is 0 Å². The highest BCUT2D eigenvalue weighted by Crippen LogP contribution is 2.44. The molecule has 0 radical (unpaired) electrons. The van der Waals surface area contributed by atoms with Crippen molar-refractivity contribution in [1.82, 2.24) is 0 Å². The van der Waals surface area contributed by atoms with Crippen molar-refractivity contribution >= 4 is 5.78 Å². The summed E-state index contributed by atoms with van der Waals surface area (Å²) in [6.07, 6.45) is 4.89. The Bertz CT molecular complexity index is 625. The molecule has 3 heteroatoms. The molecule has 2 fully saturated rings. The molecule has 0 aromatic heterocycles. The Morgan fingerprint density at radius 2 is 2.18 bits per heavy atom. The van der Waals surface area contributed by atoms with Crippen LogP contribution in [-0.2, 0) is 4.79 Å². The third kappa shape index (κ3) is 2.89. The number of ether oxygens (including phenoxy) is 1. The molecule has 3 nitrogen and oxygen atoms in total. The Kier molecular flexibility index (Phi) is 4.22. The van der Waals surface area contributed by atoms with Crippen LogP contribution in [0.4, 0.5) is 0 Å². The molecule has 0 saturated heterocycles. The van der Waals surface area contributed by atoms with Crippen molar-refractivity contribution in [3.63, 3.8) is 0 Å². The normalized spacial score (nSPS) is 30.9. The first-order chi connectivity index (χ1) is 10.6. The van der Waals surface area contributed by atoms with Crippen LogP contribution in [0.3, 0.4) is 0 Å². The molecule has 0 heterocycles. The first-order valence-corrected chi connectivity index (χ1v) is 8.05. The Morgan fingerprint density at radius 1 is 1.32 bits per heavy atom. The number of Topliss-reactive ketones (excluding diaryl/α,β-unsaturated/α-hetero) is 1. The van der Waals surface area contributed by atoms with Crippen molar-refractivity contribution in [3.05, 3.63) is 29.8 Å². The van der Waals surface area contributed by atoms with Gasteiger partial charge in [0.25, 0.3) is 0 Å². The Morgan fingerprint density at radius 3 is 3.00 bits per heavy atom. The van der Waals surface area contributed by atoms with Crippen LogP contribution in [0.25, 0.3) is 0 Å². The van der Waals surface area contributed by atoms with Gasteiger partial charge in [0, 0.05) is 23.8 Å². The number of hydrogen-bond acceptors (Lipinski definition) is 3. The van der Waals surface area contributed by atoms with E-state index in [0.29, 0.717) is 18.6 Å². The van der Waals surface area contributed by atoms with Crippen molar-refractivity contribution in [1.29, 1.82) is 0 Å². The first kappa shape index (κ1) is 15.1. The fraction of sp³-hybridized carbons (Fsp3) is 0.526. The zero-order chi connectivity index (χ0) is 15.6. The van der Waals surface area contributed by atoms with Crippen LogP contribution in [-0.4, -0.2) is 23.6 Å². The third-order valence-corrected chi connectivity index (χ3v) is 5.02. The van der Waals surface area contributed by atoms with Gasteiger partial charge in [-0.05, 0) is 50.3 Å². The maximum Gasteiger partial charge on any atom is 0.136 e. The van der Waals surface area contributed by atoms with E-state index >= 15 is 0 Å². The van der Waals surface area contributed by atoms with Gasteiger partial charge in [0.1, 0.15) is 17.1 Å². The van der Waals surface area contributed by atoms with Gasteiger partial charge in [-0.2, -0.15) is 0 Å². The molecule has 0 amide bonds. The van der Waals surface area contributed by atoms with E-state index in [1.807, 2.05) is 24.3 Å². The van der Waals surface area contributed by atoms with Crippen LogP contribution < -0.4 is 4.74 Å². The van der Waals surface area contributed by atoms with Gasteiger partial charge in [-0.15, -0.1) is 0 Å². The summed E-state index contributed by atoms with van der Waals surface area (Å²) in [5.41, 5.74) is -0.195. The number of rotatable bonds is 1. The van der Waals surface area contributed by atoms with Crippen molar-refractivity contribution < 1.29 is 14.6 Å². The molecule has 1 N–H and O–H groups in total. The van der Waals surface area contributed by atoms with Gasteiger partial charge in [-0.1, -0.05) is 17.9 Å². The average Bonchev–Trinajstić information content (AvgIpc) is 2.55. The van der Waals surface area contributed by atoms with Crippen LogP contribution in [0.1, 0.15) is 44.1 Å². The summed E-state index contributed by atoms with van der Waals surface area (Å²) in [7, 11) is 1.62. The SMILES string of the molecule is COc1cccc(C#C[C@]2(O)CCC[C@@H]3C(=O)CCC[C@@H]32)c1. The molecule has 3 atom stereocenters. The van der Waals surface area contributed by atoms with Gasteiger partial charge in [-0.3, -0.25) is 4.79 Å². The molecule has 1 aromatic carbocycles. The number of methoxy groups -OCH3 is 1. The summed E-state index contributed by atoms with van der Waals surface area (Å²) < 4.78 is 5.20. The van der Waals surface area contributed by atoms with E-state index in [9.17, 15) is 9.90 Å². The lowest BCUT2D eigenvalue weighted by atomic mass is 9.63. The lowest BCUT2D eigenvalue weighted by Gasteiger charge is -2.43.